The summed E-state index contributed by atoms with van der Waals surface area (Å²) in [6.07, 6.45) is 1.39. The maximum absolute atomic E-state index is 12.6. The first-order valence-corrected chi connectivity index (χ1v) is 13.0. The zero-order valence-corrected chi connectivity index (χ0v) is 21.0. The molecule has 1 N–H and O–H groups in total. The number of aromatic nitrogens is 2. The molecule has 3 rings (SSSR count). The van der Waals surface area contributed by atoms with Crippen molar-refractivity contribution in [2.45, 2.75) is 25.6 Å². The van der Waals surface area contributed by atoms with E-state index >= 15 is 0 Å². The average molecular weight is 513 g/mol. The molecule has 0 spiro atoms. The molecule has 0 fully saturated rings. The van der Waals surface area contributed by atoms with Gasteiger partial charge in [-0.2, -0.15) is 14.6 Å². The molecule has 0 unspecified atom stereocenters. The number of rotatable bonds is 10. The molecule has 0 aliphatic carbocycles. The van der Waals surface area contributed by atoms with E-state index in [2.05, 4.69) is 14.7 Å². The van der Waals surface area contributed by atoms with E-state index in [9.17, 15) is 18.5 Å². The standard InChI is InChI=1S/C24H24N4O5S2/c1-16(2)15-35(30,31)24-27-23(34-28-24)26-22(29)19(13-25)11-18-9-10-20(21(12-18)32-3)33-14-17-7-5-4-6-8-17/h4-12,16H,14-15H2,1-3H3,(H,26,27,28,29)/b19-11-. The van der Waals surface area contributed by atoms with Gasteiger partial charge in [-0.25, -0.2) is 8.42 Å². The number of hydrogen-bond acceptors (Lipinski definition) is 9. The molecule has 0 aliphatic heterocycles. The number of carbonyl (C=O) groups excluding carboxylic acids is 1. The molecule has 3 aromatic rings. The second-order valence-corrected chi connectivity index (χ2v) is 10.5. The van der Waals surface area contributed by atoms with Crippen LogP contribution in [-0.2, 0) is 21.2 Å². The van der Waals surface area contributed by atoms with Crippen LogP contribution in [0.4, 0.5) is 5.13 Å². The number of methoxy groups -OCH3 is 1. The first-order valence-electron chi connectivity index (χ1n) is 10.6. The Balaban J connectivity index is 1.73. The fourth-order valence-corrected chi connectivity index (χ4v) is 5.36. The summed E-state index contributed by atoms with van der Waals surface area (Å²) in [5.74, 6) is 0.0199. The number of nitriles is 1. The van der Waals surface area contributed by atoms with Crippen molar-refractivity contribution < 1.29 is 22.7 Å². The summed E-state index contributed by atoms with van der Waals surface area (Å²) in [5, 5.41) is 11.6. The lowest BCUT2D eigenvalue weighted by molar-refractivity contribution is -0.112. The number of amides is 1. The van der Waals surface area contributed by atoms with Crippen molar-refractivity contribution in [3.63, 3.8) is 0 Å². The maximum atomic E-state index is 12.6. The molecule has 0 saturated carbocycles. The van der Waals surface area contributed by atoms with Gasteiger partial charge in [0.1, 0.15) is 18.2 Å². The van der Waals surface area contributed by atoms with Gasteiger partial charge < -0.3 is 9.47 Å². The van der Waals surface area contributed by atoms with E-state index in [0.29, 0.717) is 23.7 Å². The summed E-state index contributed by atoms with van der Waals surface area (Å²) in [6, 6.07) is 16.5. The fraction of sp³-hybridized carbons (Fsp3) is 0.250. The zero-order chi connectivity index (χ0) is 25.4. The van der Waals surface area contributed by atoms with Gasteiger partial charge in [-0.1, -0.05) is 50.2 Å². The first kappa shape index (κ1) is 25.9. The molecule has 35 heavy (non-hydrogen) atoms. The van der Waals surface area contributed by atoms with Gasteiger partial charge in [0.15, 0.2) is 11.5 Å². The number of hydrogen-bond donors (Lipinski definition) is 1. The van der Waals surface area contributed by atoms with E-state index < -0.39 is 15.7 Å². The van der Waals surface area contributed by atoms with Crippen molar-refractivity contribution in [3.05, 3.63) is 65.2 Å². The summed E-state index contributed by atoms with van der Waals surface area (Å²) in [4.78, 5) is 16.5. The van der Waals surface area contributed by atoms with Gasteiger partial charge >= 0.3 is 0 Å². The Kier molecular flexibility index (Phi) is 8.57. The van der Waals surface area contributed by atoms with E-state index in [1.807, 2.05) is 36.4 Å². The molecule has 0 bridgehead atoms. The number of nitrogens with one attached hydrogen (secondary N) is 1. The molecule has 9 nitrogen and oxygen atoms in total. The number of ether oxygens (including phenoxy) is 2. The van der Waals surface area contributed by atoms with Gasteiger partial charge in [-0.15, -0.1) is 0 Å². The molecule has 1 aromatic heterocycles. The van der Waals surface area contributed by atoms with Crippen LogP contribution in [0.5, 0.6) is 11.5 Å². The minimum absolute atomic E-state index is 0.0132. The predicted octanol–water partition coefficient (Wildman–Crippen LogP) is 4.10. The van der Waals surface area contributed by atoms with Crippen molar-refractivity contribution in [2.24, 2.45) is 5.92 Å². The van der Waals surface area contributed by atoms with Gasteiger partial charge in [-0.3, -0.25) is 10.1 Å². The van der Waals surface area contributed by atoms with Gasteiger partial charge in [-0.05, 0) is 35.3 Å². The number of benzene rings is 2. The third-order valence-electron chi connectivity index (χ3n) is 4.56. The Morgan fingerprint density at radius 2 is 1.94 bits per heavy atom. The Morgan fingerprint density at radius 3 is 2.60 bits per heavy atom. The highest BCUT2D eigenvalue weighted by Crippen LogP contribution is 2.30. The van der Waals surface area contributed by atoms with Crippen LogP contribution in [0.1, 0.15) is 25.0 Å². The van der Waals surface area contributed by atoms with Crippen molar-refractivity contribution >= 4 is 38.5 Å². The minimum Gasteiger partial charge on any atom is -0.493 e. The van der Waals surface area contributed by atoms with Crippen molar-refractivity contribution in [2.75, 3.05) is 18.2 Å². The molecule has 0 radical (unpaired) electrons. The highest BCUT2D eigenvalue weighted by atomic mass is 32.2. The summed E-state index contributed by atoms with van der Waals surface area (Å²) < 4.78 is 39.6. The van der Waals surface area contributed by atoms with Crippen LogP contribution >= 0.6 is 11.5 Å². The summed E-state index contributed by atoms with van der Waals surface area (Å²) in [5.41, 5.74) is 1.34. The van der Waals surface area contributed by atoms with Crippen LogP contribution in [0.25, 0.3) is 6.08 Å². The Morgan fingerprint density at radius 1 is 1.20 bits per heavy atom. The van der Waals surface area contributed by atoms with Crippen LogP contribution < -0.4 is 14.8 Å². The zero-order valence-electron chi connectivity index (χ0n) is 19.4. The maximum Gasteiger partial charge on any atom is 0.268 e. The van der Waals surface area contributed by atoms with Crippen LogP contribution in [-0.4, -0.2) is 36.5 Å². The molecule has 2 aromatic carbocycles. The lowest BCUT2D eigenvalue weighted by atomic mass is 10.1. The van der Waals surface area contributed by atoms with Crippen molar-refractivity contribution in [1.29, 1.82) is 5.26 Å². The first-order chi connectivity index (χ1) is 16.7. The highest BCUT2D eigenvalue weighted by molar-refractivity contribution is 7.91. The topological polar surface area (TPSA) is 131 Å². The Bertz CT molecular complexity index is 1360. The number of carbonyl (C=O) groups is 1. The third-order valence-corrected chi connectivity index (χ3v) is 7.15. The van der Waals surface area contributed by atoms with Crippen molar-refractivity contribution in [3.8, 4) is 17.6 Å². The summed E-state index contributed by atoms with van der Waals surface area (Å²) in [7, 11) is -2.16. The highest BCUT2D eigenvalue weighted by Gasteiger charge is 2.23. The molecule has 0 saturated heterocycles. The molecule has 0 atom stereocenters. The molecular formula is C24H24N4O5S2. The molecule has 0 aliphatic rings. The largest absolute Gasteiger partial charge is 0.493 e. The smallest absolute Gasteiger partial charge is 0.268 e. The molecule has 11 heteroatoms. The molecule has 1 heterocycles. The van der Waals surface area contributed by atoms with Crippen LogP contribution in [0.15, 0.2) is 59.3 Å². The van der Waals surface area contributed by atoms with E-state index in [1.54, 1.807) is 32.0 Å². The number of anilines is 1. The molecule has 182 valence electrons. The van der Waals surface area contributed by atoms with Gasteiger partial charge in [0.25, 0.3) is 11.1 Å². The Labute approximate surface area is 208 Å². The molecular weight excluding hydrogens is 488 g/mol. The van der Waals surface area contributed by atoms with E-state index in [0.717, 1.165) is 17.1 Å². The van der Waals surface area contributed by atoms with Gasteiger partial charge in [0.05, 0.1) is 12.9 Å². The van der Waals surface area contributed by atoms with Crippen LogP contribution in [0.3, 0.4) is 0 Å². The monoisotopic (exact) mass is 512 g/mol. The molecule has 1 amide bonds. The predicted molar refractivity (Wildman–Crippen MR) is 133 cm³/mol. The quantitative estimate of drug-likeness (QED) is 0.317. The lowest BCUT2D eigenvalue weighted by Gasteiger charge is -2.11. The van der Waals surface area contributed by atoms with Crippen LogP contribution in [0, 0.1) is 17.2 Å². The minimum atomic E-state index is -3.65. The summed E-state index contributed by atoms with van der Waals surface area (Å²) in [6.45, 7) is 3.90. The van der Waals surface area contributed by atoms with E-state index in [-0.39, 0.29) is 27.5 Å². The lowest BCUT2D eigenvalue weighted by Crippen LogP contribution is -2.15. The van der Waals surface area contributed by atoms with Crippen LogP contribution in [0.2, 0.25) is 0 Å². The second-order valence-electron chi connectivity index (χ2n) is 7.87. The normalized spacial score (nSPS) is 11.7. The van der Waals surface area contributed by atoms with Crippen molar-refractivity contribution in [1.82, 2.24) is 9.36 Å². The van der Waals surface area contributed by atoms with E-state index in [1.165, 1.54) is 13.2 Å². The average Bonchev–Trinajstić information content (AvgIpc) is 3.30. The number of sulfone groups is 1. The number of nitrogens with zero attached hydrogens (tertiary/aromatic N) is 3. The van der Waals surface area contributed by atoms with E-state index in [4.69, 9.17) is 9.47 Å². The summed E-state index contributed by atoms with van der Waals surface area (Å²) >= 11 is 0.732. The third kappa shape index (κ3) is 7.11. The SMILES string of the molecule is COc1cc(/C=C(/C#N)C(=O)Nc2nc(S(=O)(=O)CC(C)C)ns2)ccc1OCc1ccccc1. The fourth-order valence-electron chi connectivity index (χ4n) is 3.01. The van der Waals surface area contributed by atoms with Gasteiger partial charge in [0.2, 0.25) is 15.0 Å². The second kappa shape index (κ2) is 11.6. The Hall–Kier alpha value is -3.75. The van der Waals surface area contributed by atoms with Gasteiger partial charge in [0, 0.05) is 11.5 Å².